The molecular formula is C29H46. The summed E-state index contributed by atoms with van der Waals surface area (Å²) in [5.74, 6) is 3.64. The summed E-state index contributed by atoms with van der Waals surface area (Å²) in [5.41, 5.74) is 3.20. The van der Waals surface area contributed by atoms with Gasteiger partial charge >= 0.3 is 0 Å². The van der Waals surface area contributed by atoms with E-state index in [1.807, 2.05) is 0 Å². The Bertz CT molecular complexity index is 573. The molecule has 162 valence electrons. The van der Waals surface area contributed by atoms with Crippen molar-refractivity contribution in [3.8, 4) is 0 Å². The van der Waals surface area contributed by atoms with E-state index in [1.54, 1.807) is 11.1 Å². The van der Waals surface area contributed by atoms with Crippen molar-refractivity contribution in [1.82, 2.24) is 0 Å². The molecule has 1 aromatic rings. The summed E-state index contributed by atoms with van der Waals surface area (Å²) in [6, 6.07) is 9.92. The maximum Gasteiger partial charge on any atom is -0.0131 e. The first-order chi connectivity index (χ1) is 14.3. The van der Waals surface area contributed by atoms with Gasteiger partial charge in [-0.15, -0.1) is 0 Å². The van der Waals surface area contributed by atoms with Gasteiger partial charge in [-0.1, -0.05) is 95.2 Å². The van der Waals surface area contributed by atoms with Crippen molar-refractivity contribution >= 4 is 0 Å². The molecule has 0 amide bonds. The van der Waals surface area contributed by atoms with Crippen LogP contribution < -0.4 is 0 Å². The molecular weight excluding hydrogens is 348 g/mol. The second kappa shape index (κ2) is 12.6. The van der Waals surface area contributed by atoms with Crippen molar-refractivity contribution in [2.45, 2.75) is 116 Å². The van der Waals surface area contributed by atoms with Crippen LogP contribution in [0.3, 0.4) is 0 Å². The van der Waals surface area contributed by atoms with Gasteiger partial charge in [0.25, 0.3) is 0 Å². The zero-order valence-corrected chi connectivity index (χ0v) is 19.4. The highest BCUT2D eigenvalue weighted by molar-refractivity contribution is 5.26. The third kappa shape index (κ3) is 7.30. The van der Waals surface area contributed by atoms with E-state index in [0.29, 0.717) is 0 Å². The highest BCUT2D eigenvalue weighted by Gasteiger charge is 2.30. The van der Waals surface area contributed by atoms with Gasteiger partial charge in [0.05, 0.1) is 0 Å². The maximum atomic E-state index is 2.51. The van der Waals surface area contributed by atoms with Crippen LogP contribution in [-0.4, -0.2) is 0 Å². The number of hydrogen-bond donors (Lipinski definition) is 0. The zero-order chi connectivity index (χ0) is 20.3. The summed E-state index contributed by atoms with van der Waals surface area (Å²) < 4.78 is 0. The van der Waals surface area contributed by atoms with Crippen molar-refractivity contribution in [3.63, 3.8) is 0 Å². The fourth-order valence-electron chi connectivity index (χ4n) is 5.91. The number of unbranched alkanes of at least 4 members (excludes halogenated alkanes) is 3. The lowest BCUT2D eigenvalue weighted by molar-refractivity contribution is 0.210. The first-order valence-corrected chi connectivity index (χ1v) is 13.0. The summed E-state index contributed by atoms with van der Waals surface area (Å²) in [7, 11) is 0. The van der Waals surface area contributed by atoms with E-state index in [4.69, 9.17) is 0 Å². The van der Waals surface area contributed by atoms with Crippen LogP contribution in [-0.2, 0) is 6.42 Å². The quantitative estimate of drug-likeness (QED) is 0.259. The van der Waals surface area contributed by atoms with E-state index in [0.717, 1.165) is 23.7 Å². The molecule has 1 fully saturated rings. The fourth-order valence-corrected chi connectivity index (χ4v) is 5.91. The SMILES string of the molecule is CCCCCc1ccc(C(CC2CC=CCC2)C2CCC(CCCC)CC2)cc1. The molecule has 2 atom stereocenters. The molecule has 0 spiro atoms. The van der Waals surface area contributed by atoms with Gasteiger partial charge in [-0.3, -0.25) is 0 Å². The molecule has 0 heteroatoms. The van der Waals surface area contributed by atoms with Crippen LogP contribution in [0, 0.1) is 17.8 Å². The zero-order valence-electron chi connectivity index (χ0n) is 19.4. The predicted molar refractivity (Wildman–Crippen MR) is 128 cm³/mol. The molecule has 0 bridgehead atoms. The van der Waals surface area contributed by atoms with Gasteiger partial charge in [-0.25, -0.2) is 0 Å². The van der Waals surface area contributed by atoms with Crippen molar-refractivity contribution in [1.29, 1.82) is 0 Å². The monoisotopic (exact) mass is 394 g/mol. The van der Waals surface area contributed by atoms with E-state index in [1.165, 1.54) is 96.3 Å². The number of aryl methyl sites for hydroxylation is 1. The highest BCUT2D eigenvalue weighted by Crippen LogP contribution is 2.44. The van der Waals surface area contributed by atoms with Crippen LogP contribution in [0.25, 0.3) is 0 Å². The number of hydrogen-bond acceptors (Lipinski definition) is 0. The van der Waals surface area contributed by atoms with Gasteiger partial charge in [-0.2, -0.15) is 0 Å². The lowest BCUT2D eigenvalue weighted by Gasteiger charge is -2.36. The first kappa shape index (κ1) is 22.6. The summed E-state index contributed by atoms with van der Waals surface area (Å²) in [4.78, 5) is 0. The van der Waals surface area contributed by atoms with Crippen molar-refractivity contribution in [2.75, 3.05) is 0 Å². The number of benzene rings is 1. The molecule has 1 aromatic carbocycles. The second-order valence-electron chi connectivity index (χ2n) is 10.1. The topological polar surface area (TPSA) is 0 Å². The summed E-state index contributed by atoms with van der Waals surface area (Å²) in [6.45, 7) is 4.64. The standard InChI is InChI=1S/C29H46/c1-3-5-8-12-25-17-21-28(22-18-25)29(23-26-13-9-7-10-14-26)27-19-15-24(16-20-27)11-6-4-2/h7,9,17-18,21-22,24,26-27,29H,3-6,8,10-16,19-20,23H2,1-2H3. The second-order valence-corrected chi connectivity index (χ2v) is 10.1. The molecule has 0 aromatic heterocycles. The molecule has 0 radical (unpaired) electrons. The average Bonchev–Trinajstić information content (AvgIpc) is 2.78. The van der Waals surface area contributed by atoms with E-state index < -0.39 is 0 Å². The maximum absolute atomic E-state index is 2.51. The molecule has 2 aliphatic carbocycles. The molecule has 2 aliphatic rings. The summed E-state index contributed by atoms with van der Waals surface area (Å²) in [5, 5.41) is 0. The van der Waals surface area contributed by atoms with E-state index >= 15 is 0 Å². The van der Waals surface area contributed by atoms with Crippen LogP contribution in [0.4, 0.5) is 0 Å². The minimum Gasteiger partial charge on any atom is -0.0885 e. The number of allylic oxidation sites excluding steroid dienone is 2. The van der Waals surface area contributed by atoms with Crippen molar-refractivity contribution < 1.29 is 0 Å². The summed E-state index contributed by atoms with van der Waals surface area (Å²) >= 11 is 0. The van der Waals surface area contributed by atoms with Gasteiger partial charge < -0.3 is 0 Å². The van der Waals surface area contributed by atoms with Crippen LogP contribution in [0.5, 0.6) is 0 Å². The minimum atomic E-state index is 0.795. The smallest absolute Gasteiger partial charge is 0.0131 e. The lowest BCUT2D eigenvalue weighted by atomic mass is 9.69. The summed E-state index contributed by atoms with van der Waals surface area (Å²) in [6.07, 6.45) is 25.8. The van der Waals surface area contributed by atoms with Gasteiger partial charge in [0.1, 0.15) is 0 Å². The Morgan fingerprint density at radius 1 is 0.793 bits per heavy atom. The van der Waals surface area contributed by atoms with Crippen molar-refractivity contribution in [3.05, 3.63) is 47.5 Å². The Labute approximate surface area is 181 Å². The Balaban J connectivity index is 1.64. The van der Waals surface area contributed by atoms with Crippen LogP contribution in [0.1, 0.15) is 121 Å². The Morgan fingerprint density at radius 2 is 1.55 bits per heavy atom. The van der Waals surface area contributed by atoms with Crippen LogP contribution in [0.2, 0.25) is 0 Å². The van der Waals surface area contributed by atoms with E-state index in [9.17, 15) is 0 Å². The molecule has 0 aliphatic heterocycles. The highest BCUT2D eigenvalue weighted by atomic mass is 14.3. The third-order valence-corrected chi connectivity index (χ3v) is 7.87. The molecule has 1 saturated carbocycles. The van der Waals surface area contributed by atoms with Gasteiger partial charge in [0, 0.05) is 0 Å². The van der Waals surface area contributed by atoms with Gasteiger partial charge in [0.2, 0.25) is 0 Å². The predicted octanol–water partition coefficient (Wildman–Crippen LogP) is 9.25. The van der Waals surface area contributed by atoms with Crippen LogP contribution >= 0.6 is 0 Å². The number of rotatable bonds is 11. The van der Waals surface area contributed by atoms with Crippen LogP contribution in [0.15, 0.2) is 36.4 Å². The molecule has 0 saturated heterocycles. The third-order valence-electron chi connectivity index (χ3n) is 7.87. The largest absolute Gasteiger partial charge is 0.0885 e. The fraction of sp³-hybridized carbons (Fsp3) is 0.724. The van der Waals surface area contributed by atoms with Gasteiger partial charge in [-0.05, 0) is 86.2 Å². The van der Waals surface area contributed by atoms with E-state index in [2.05, 4.69) is 50.3 Å². The van der Waals surface area contributed by atoms with Crippen molar-refractivity contribution in [2.24, 2.45) is 17.8 Å². The molecule has 0 N–H and O–H groups in total. The first-order valence-electron chi connectivity index (χ1n) is 13.0. The molecule has 29 heavy (non-hydrogen) atoms. The Kier molecular flexibility index (Phi) is 9.84. The molecule has 0 heterocycles. The minimum absolute atomic E-state index is 0.795. The molecule has 0 nitrogen and oxygen atoms in total. The lowest BCUT2D eigenvalue weighted by Crippen LogP contribution is -2.23. The van der Waals surface area contributed by atoms with E-state index in [-0.39, 0.29) is 0 Å². The Hall–Kier alpha value is -1.04. The average molecular weight is 395 g/mol. The molecule has 2 unspecified atom stereocenters. The normalized spacial score (nSPS) is 25.8. The Morgan fingerprint density at radius 3 is 2.21 bits per heavy atom. The molecule has 3 rings (SSSR count). The van der Waals surface area contributed by atoms with Gasteiger partial charge in [0.15, 0.2) is 0 Å².